The first kappa shape index (κ1) is 22.9. The Morgan fingerprint density at radius 2 is 2.03 bits per heavy atom. The highest BCUT2D eigenvalue weighted by Gasteiger charge is 2.26. The lowest BCUT2D eigenvalue weighted by Gasteiger charge is -2.18. The van der Waals surface area contributed by atoms with Crippen LogP contribution in [0.1, 0.15) is 6.42 Å². The second kappa shape index (κ2) is 9.58. The van der Waals surface area contributed by atoms with Gasteiger partial charge in [-0.05, 0) is 42.7 Å². The Bertz CT molecular complexity index is 1250. The van der Waals surface area contributed by atoms with E-state index in [4.69, 9.17) is 9.15 Å². The summed E-state index contributed by atoms with van der Waals surface area (Å²) in [6.07, 6.45) is 2.16. The summed E-state index contributed by atoms with van der Waals surface area (Å²) in [7, 11) is -1.01. The first-order valence-corrected chi connectivity index (χ1v) is 12.2. The number of aryl methyl sites for hydroxylation is 1. The molecular weight excluding hydrogens is 442 g/mol. The van der Waals surface area contributed by atoms with E-state index in [-0.39, 0.29) is 10.5 Å². The molecule has 1 heterocycles. The van der Waals surface area contributed by atoms with Crippen LogP contribution in [0.4, 0.5) is 5.69 Å². The van der Waals surface area contributed by atoms with Gasteiger partial charge < -0.3 is 14.5 Å². The number of amides is 1. The van der Waals surface area contributed by atoms with Gasteiger partial charge in [-0.1, -0.05) is 6.07 Å². The summed E-state index contributed by atoms with van der Waals surface area (Å²) in [5.41, 5.74) is 1.11. The van der Waals surface area contributed by atoms with Gasteiger partial charge in [0, 0.05) is 24.9 Å². The number of hydrogen-bond acceptors (Lipinski definition) is 7. The summed E-state index contributed by atoms with van der Waals surface area (Å²) in [4.78, 5) is 24.4. The van der Waals surface area contributed by atoms with Crippen LogP contribution in [0.3, 0.4) is 0 Å². The van der Waals surface area contributed by atoms with E-state index in [0.29, 0.717) is 29.1 Å². The van der Waals surface area contributed by atoms with E-state index < -0.39 is 27.7 Å². The number of hydrogen-bond donors (Lipinski definition) is 2. The van der Waals surface area contributed by atoms with Crippen molar-refractivity contribution in [2.75, 3.05) is 24.4 Å². The molecule has 1 amide bonds. The maximum Gasteiger partial charge on any atom is 0.419 e. The number of nitrogens with zero attached hydrogens (tertiary/aromatic N) is 1. The predicted molar refractivity (Wildman–Crippen MR) is 120 cm³/mol. The SMILES string of the molecule is COc1cccc(NC(=O)[C@H](CCSC)NS(=O)(=O)c2ccc3c(c2)oc(=O)n3C)c1. The fourth-order valence-corrected chi connectivity index (χ4v) is 4.66. The molecule has 166 valence electrons. The topological polar surface area (TPSA) is 120 Å². The third kappa shape index (κ3) is 5.30. The lowest BCUT2D eigenvalue weighted by atomic mass is 10.2. The van der Waals surface area contributed by atoms with Crippen molar-refractivity contribution in [1.29, 1.82) is 0 Å². The maximum absolute atomic E-state index is 13.0. The van der Waals surface area contributed by atoms with E-state index in [1.165, 1.54) is 48.7 Å². The third-order valence-corrected chi connectivity index (χ3v) is 6.75. The fourth-order valence-electron chi connectivity index (χ4n) is 2.95. The number of rotatable bonds is 9. The molecule has 0 unspecified atom stereocenters. The van der Waals surface area contributed by atoms with E-state index in [0.717, 1.165) is 0 Å². The molecule has 0 aliphatic heterocycles. The molecule has 2 aromatic carbocycles. The summed E-state index contributed by atoms with van der Waals surface area (Å²) in [6.45, 7) is 0. The average Bonchev–Trinajstić information content (AvgIpc) is 3.04. The van der Waals surface area contributed by atoms with E-state index >= 15 is 0 Å². The number of methoxy groups -OCH3 is 1. The fraction of sp³-hybridized carbons (Fsp3) is 0.300. The molecule has 0 radical (unpaired) electrons. The summed E-state index contributed by atoms with van der Waals surface area (Å²) in [6, 6.07) is 9.91. The normalized spacial score (nSPS) is 12.6. The highest BCUT2D eigenvalue weighted by molar-refractivity contribution is 7.98. The van der Waals surface area contributed by atoms with E-state index in [1.807, 2.05) is 6.26 Å². The molecule has 0 saturated carbocycles. The first-order chi connectivity index (χ1) is 14.7. The van der Waals surface area contributed by atoms with Crippen LogP contribution in [0, 0.1) is 0 Å². The van der Waals surface area contributed by atoms with Crippen LogP contribution in [-0.2, 0) is 21.9 Å². The van der Waals surface area contributed by atoms with Crippen LogP contribution in [-0.4, -0.2) is 44.1 Å². The van der Waals surface area contributed by atoms with Gasteiger partial charge in [0.2, 0.25) is 15.9 Å². The lowest BCUT2D eigenvalue weighted by Crippen LogP contribution is -2.44. The number of fused-ring (bicyclic) bond motifs is 1. The minimum Gasteiger partial charge on any atom is -0.497 e. The average molecular weight is 466 g/mol. The van der Waals surface area contributed by atoms with E-state index in [9.17, 15) is 18.0 Å². The zero-order valence-corrected chi connectivity index (χ0v) is 18.9. The Hall–Kier alpha value is -2.76. The molecule has 0 aliphatic carbocycles. The molecular formula is C20H23N3O6S2. The second-order valence-electron chi connectivity index (χ2n) is 6.73. The lowest BCUT2D eigenvalue weighted by molar-refractivity contribution is -0.117. The Balaban J connectivity index is 1.84. The number of thioether (sulfide) groups is 1. The molecule has 3 rings (SSSR count). The third-order valence-electron chi connectivity index (χ3n) is 4.64. The molecule has 1 atom stereocenters. The maximum atomic E-state index is 13.0. The summed E-state index contributed by atoms with van der Waals surface area (Å²) in [5.74, 6) is 0.0635. The Labute approximate surface area is 183 Å². The van der Waals surface area contributed by atoms with Crippen LogP contribution < -0.4 is 20.5 Å². The van der Waals surface area contributed by atoms with Gasteiger partial charge in [0.05, 0.1) is 17.5 Å². The number of benzene rings is 2. The van der Waals surface area contributed by atoms with Crippen LogP contribution in [0.25, 0.3) is 11.1 Å². The number of carbonyl (C=O) groups excluding carboxylic acids is 1. The number of sulfonamides is 1. The van der Waals surface area contributed by atoms with Gasteiger partial charge in [0.15, 0.2) is 5.58 Å². The molecule has 0 saturated heterocycles. The predicted octanol–water partition coefficient (Wildman–Crippen LogP) is 2.18. The molecule has 3 aromatic rings. The highest BCUT2D eigenvalue weighted by atomic mass is 32.2. The van der Waals surface area contributed by atoms with Crippen LogP contribution in [0.2, 0.25) is 0 Å². The number of ether oxygens (including phenoxy) is 1. The highest BCUT2D eigenvalue weighted by Crippen LogP contribution is 2.20. The number of aromatic nitrogens is 1. The van der Waals surface area contributed by atoms with E-state index in [1.54, 1.807) is 24.3 Å². The van der Waals surface area contributed by atoms with Crippen molar-refractivity contribution in [3.63, 3.8) is 0 Å². The van der Waals surface area contributed by atoms with Gasteiger partial charge in [-0.25, -0.2) is 13.2 Å². The standard InChI is InChI=1S/C20H23N3O6S2/c1-23-17-8-7-15(12-18(17)29-20(23)25)31(26,27)22-16(9-10-30-3)19(24)21-13-5-4-6-14(11-13)28-2/h4-8,11-12,16,22H,9-10H2,1-3H3,(H,21,24)/t16-/m0/s1. The smallest absolute Gasteiger partial charge is 0.419 e. The van der Waals surface area contributed by atoms with Gasteiger partial charge in [-0.15, -0.1) is 0 Å². The van der Waals surface area contributed by atoms with Gasteiger partial charge in [0.25, 0.3) is 0 Å². The largest absolute Gasteiger partial charge is 0.497 e. The van der Waals surface area contributed by atoms with Gasteiger partial charge in [0.1, 0.15) is 11.8 Å². The molecule has 0 spiro atoms. The van der Waals surface area contributed by atoms with Crippen molar-refractivity contribution < 1.29 is 22.4 Å². The number of carbonyl (C=O) groups is 1. The van der Waals surface area contributed by atoms with Crippen molar-refractivity contribution in [2.24, 2.45) is 7.05 Å². The van der Waals surface area contributed by atoms with Crippen molar-refractivity contribution >= 4 is 44.5 Å². The monoisotopic (exact) mass is 465 g/mol. The van der Waals surface area contributed by atoms with Crippen LogP contribution in [0.5, 0.6) is 5.75 Å². The van der Waals surface area contributed by atoms with Gasteiger partial charge in [-0.2, -0.15) is 16.5 Å². The first-order valence-electron chi connectivity index (χ1n) is 9.31. The summed E-state index contributed by atoms with van der Waals surface area (Å²) in [5, 5.41) is 2.72. The summed E-state index contributed by atoms with van der Waals surface area (Å²) < 4.78 is 39.9. The number of nitrogens with one attached hydrogen (secondary N) is 2. The number of anilines is 1. The van der Waals surface area contributed by atoms with Crippen molar-refractivity contribution in [1.82, 2.24) is 9.29 Å². The molecule has 31 heavy (non-hydrogen) atoms. The molecule has 11 heteroatoms. The zero-order valence-electron chi connectivity index (χ0n) is 17.2. The Morgan fingerprint density at radius 3 is 2.74 bits per heavy atom. The second-order valence-corrected chi connectivity index (χ2v) is 9.43. The van der Waals surface area contributed by atoms with E-state index in [2.05, 4.69) is 10.0 Å². The minimum atomic E-state index is -4.05. The molecule has 2 N–H and O–H groups in total. The molecule has 0 bridgehead atoms. The van der Waals surface area contributed by atoms with Crippen LogP contribution in [0.15, 0.2) is 56.6 Å². The van der Waals surface area contributed by atoms with Gasteiger partial charge in [-0.3, -0.25) is 9.36 Å². The van der Waals surface area contributed by atoms with Crippen molar-refractivity contribution in [3.8, 4) is 5.75 Å². The van der Waals surface area contributed by atoms with Crippen LogP contribution >= 0.6 is 11.8 Å². The quantitative estimate of drug-likeness (QED) is 0.497. The van der Waals surface area contributed by atoms with Crippen molar-refractivity contribution in [2.45, 2.75) is 17.4 Å². The molecule has 0 aliphatic rings. The Morgan fingerprint density at radius 1 is 1.26 bits per heavy atom. The summed E-state index contributed by atoms with van der Waals surface area (Å²) >= 11 is 1.50. The molecule has 1 aromatic heterocycles. The molecule has 0 fully saturated rings. The minimum absolute atomic E-state index is 0.0994. The van der Waals surface area contributed by atoms with Gasteiger partial charge >= 0.3 is 5.76 Å². The number of oxazole rings is 1. The Kier molecular flexibility index (Phi) is 7.08. The van der Waals surface area contributed by atoms with Crippen molar-refractivity contribution in [3.05, 3.63) is 53.0 Å². The zero-order chi connectivity index (χ0) is 22.6. The molecule has 9 nitrogen and oxygen atoms in total.